The maximum atomic E-state index is 13.2. The number of amides is 1. The van der Waals surface area contributed by atoms with Crippen LogP contribution >= 0.6 is 0 Å². The lowest BCUT2D eigenvalue weighted by Gasteiger charge is -2.34. The quantitative estimate of drug-likeness (QED) is 0.0497. The number of likely N-dealkylation sites (N-methyl/N-ethyl adjacent to an activating group) is 1. The number of piperazine rings is 1. The number of ether oxygens (including phenoxy) is 2. The van der Waals surface area contributed by atoms with Gasteiger partial charge in [-0.25, -0.2) is 0 Å². The molecule has 58 heavy (non-hydrogen) atoms. The normalized spacial score (nSPS) is 16.2. The summed E-state index contributed by atoms with van der Waals surface area (Å²) in [5.74, 6) is 3.51. The fourth-order valence-corrected chi connectivity index (χ4v) is 8.17. The molecule has 1 aliphatic rings. The van der Waals surface area contributed by atoms with Crippen molar-refractivity contribution in [3.8, 4) is 0 Å². The van der Waals surface area contributed by atoms with E-state index in [1.165, 1.54) is 51.4 Å². The predicted molar refractivity (Wildman–Crippen MR) is 245 cm³/mol. The number of carbonyl (C=O) groups excluding carboxylic acids is 3. The van der Waals surface area contributed by atoms with Gasteiger partial charge in [0.25, 0.3) is 0 Å². The van der Waals surface area contributed by atoms with E-state index in [4.69, 9.17) is 9.47 Å². The molecular weight excluding hydrogens is 723 g/mol. The Balaban J connectivity index is 2.35. The van der Waals surface area contributed by atoms with Crippen LogP contribution in [0.1, 0.15) is 210 Å². The first-order valence-electron chi connectivity index (χ1n) is 24.6. The van der Waals surface area contributed by atoms with Crippen molar-refractivity contribution in [1.82, 2.24) is 15.1 Å². The fraction of sp³-hybridized carbons (Fsp3) is 0.940. The van der Waals surface area contributed by atoms with Crippen LogP contribution in [0, 0.1) is 35.5 Å². The standard InChI is InChI=1S/C50H97N3O5/c1-41(2)27-29-45(43(5)6)39-57-48(55)25-21-17-13-11-15-19-23-32-50(9,51-47(54)31-34-53-37-35-52(10)36-38-53)33-24-20-16-12-14-18-22-26-49(56)58-40-46(44(7)8)30-28-42(3)4/h41-46H,11-40H2,1-10H3,(H,51,54). The summed E-state index contributed by atoms with van der Waals surface area (Å²) in [5.41, 5.74) is -0.160. The van der Waals surface area contributed by atoms with Crippen molar-refractivity contribution in [2.75, 3.05) is 53.0 Å². The van der Waals surface area contributed by atoms with Gasteiger partial charge < -0.3 is 24.6 Å². The number of hydrogen-bond donors (Lipinski definition) is 1. The van der Waals surface area contributed by atoms with E-state index in [0.717, 1.165) is 110 Å². The van der Waals surface area contributed by atoms with Gasteiger partial charge in [-0.1, -0.05) is 145 Å². The zero-order chi connectivity index (χ0) is 43.2. The van der Waals surface area contributed by atoms with Gasteiger partial charge in [0.1, 0.15) is 0 Å². The highest BCUT2D eigenvalue weighted by Gasteiger charge is 2.26. The van der Waals surface area contributed by atoms with Crippen molar-refractivity contribution in [1.29, 1.82) is 0 Å². The van der Waals surface area contributed by atoms with Crippen molar-refractivity contribution in [2.45, 2.75) is 216 Å². The van der Waals surface area contributed by atoms with E-state index >= 15 is 0 Å². The van der Waals surface area contributed by atoms with E-state index in [9.17, 15) is 14.4 Å². The summed E-state index contributed by atoms with van der Waals surface area (Å²) in [6, 6.07) is 0. The summed E-state index contributed by atoms with van der Waals surface area (Å²) in [7, 11) is 2.17. The minimum absolute atomic E-state index is 0.0306. The third-order valence-corrected chi connectivity index (χ3v) is 12.9. The molecule has 0 aromatic rings. The molecular formula is C50H97N3O5. The monoisotopic (exact) mass is 820 g/mol. The van der Waals surface area contributed by atoms with Crippen LogP contribution in [0.4, 0.5) is 0 Å². The number of nitrogens with zero attached hydrogens (tertiary/aromatic N) is 2. The molecule has 8 nitrogen and oxygen atoms in total. The summed E-state index contributed by atoms with van der Waals surface area (Å²) in [5, 5.41) is 3.51. The van der Waals surface area contributed by atoms with Crippen LogP contribution in [0.5, 0.6) is 0 Å². The smallest absolute Gasteiger partial charge is 0.305 e. The van der Waals surface area contributed by atoms with Crippen LogP contribution in [-0.2, 0) is 23.9 Å². The first-order chi connectivity index (χ1) is 27.6. The molecule has 1 amide bonds. The van der Waals surface area contributed by atoms with Gasteiger partial charge in [-0.2, -0.15) is 0 Å². The Bertz CT molecular complexity index is 980. The lowest BCUT2D eigenvalue weighted by molar-refractivity contribution is -0.146. The number of esters is 2. The third kappa shape index (κ3) is 29.5. The average Bonchev–Trinajstić information content (AvgIpc) is 3.15. The zero-order valence-electron chi connectivity index (χ0n) is 40.1. The van der Waals surface area contributed by atoms with Crippen LogP contribution < -0.4 is 5.32 Å². The predicted octanol–water partition coefficient (Wildman–Crippen LogP) is 12.0. The molecule has 0 aromatic carbocycles. The molecule has 1 saturated heterocycles. The molecule has 0 saturated carbocycles. The zero-order valence-corrected chi connectivity index (χ0v) is 40.1. The lowest BCUT2D eigenvalue weighted by Crippen LogP contribution is -2.48. The molecule has 1 aliphatic heterocycles. The molecule has 0 bridgehead atoms. The van der Waals surface area contributed by atoms with E-state index in [2.05, 4.69) is 84.5 Å². The Kier molecular flexibility index (Phi) is 30.9. The summed E-state index contributed by atoms with van der Waals surface area (Å²) in [6.45, 7) is 26.5. The van der Waals surface area contributed by atoms with Gasteiger partial charge in [-0.3, -0.25) is 14.4 Å². The number of unbranched alkanes of at least 4 members (excludes halogenated alkanes) is 12. The topological polar surface area (TPSA) is 88.2 Å². The molecule has 2 unspecified atom stereocenters. The SMILES string of the molecule is CC(C)CCC(COC(=O)CCCCCCCCCC(C)(CCCCCCCCCC(=O)OCC(CCC(C)C)C(C)C)NC(=O)CCN1CCN(C)CC1)C(C)C. The summed E-state index contributed by atoms with van der Waals surface area (Å²) in [4.78, 5) is 42.8. The maximum Gasteiger partial charge on any atom is 0.305 e. The maximum absolute atomic E-state index is 13.2. The van der Waals surface area contributed by atoms with Gasteiger partial charge in [-0.15, -0.1) is 0 Å². The van der Waals surface area contributed by atoms with Gasteiger partial charge in [0, 0.05) is 57.5 Å². The van der Waals surface area contributed by atoms with Crippen LogP contribution in [0.3, 0.4) is 0 Å². The first kappa shape index (κ1) is 54.3. The molecule has 0 aliphatic carbocycles. The van der Waals surface area contributed by atoms with Gasteiger partial charge in [-0.05, 0) is 88.0 Å². The molecule has 342 valence electrons. The summed E-state index contributed by atoms with van der Waals surface area (Å²) < 4.78 is 11.4. The van der Waals surface area contributed by atoms with E-state index < -0.39 is 0 Å². The molecule has 2 atom stereocenters. The molecule has 1 N–H and O–H groups in total. The fourth-order valence-electron chi connectivity index (χ4n) is 8.17. The molecule has 8 heteroatoms. The van der Waals surface area contributed by atoms with E-state index in [0.29, 0.717) is 68.0 Å². The van der Waals surface area contributed by atoms with Gasteiger partial charge in [0.05, 0.1) is 13.2 Å². The Hall–Kier alpha value is -1.67. The Morgan fingerprint density at radius 2 is 0.914 bits per heavy atom. The van der Waals surface area contributed by atoms with E-state index in [1.807, 2.05) is 0 Å². The first-order valence-corrected chi connectivity index (χ1v) is 24.6. The second-order valence-corrected chi connectivity index (χ2v) is 20.3. The largest absolute Gasteiger partial charge is 0.465 e. The van der Waals surface area contributed by atoms with Crippen LogP contribution in [0.2, 0.25) is 0 Å². The van der Waals surface area contributed by atoms with Crippen molar-refractivity contribution in [3.05, 3.63) is 0 Å². The summed E-state index contributed by atoms with van der Waals surface area (Å²) >= 11 is 0. The summed E-state index contributed by atoms with van der Waals surface area (Å²) in [6.07, 6.45) is 24.1. The minimum Gasteiger partial charge on any atom is -0.465 e. The van der Waals surface area contributed by atoms with Crippen molar-refractivity contribution >= 4 is 17.8 Å². The Morgan fingerprint density at radius 1 is 0.534 bits per heavy atom. The number of hydrogen-bond acceptors (Lipinski definition) is 7. The third-order valence-electron chi connectivity index (χ3n) is 12.9. The van der Waals surface area contributed by atoms with Gasteiger partial charge in [0.2, 0.25) is 5.91 Å². The van der Waals surface area contributed by atoms with Gasteiger partial charge >= 0.3 is 11.9 Å². The van der Waals surface area contributed by atoms with Crippen molar-refractivity contribution < 1.29 is 23.9 Å². The van der Waals surface area contributed by atoms with Crippen molar-refractivity contribution in [3.63, 3.8) is 0 Å². The molecule has 1 fully saturated rings. The molecule has 1 heterocycles. The highest BCUT2D eigenvalue weighted by atomic mass is 16.5. The average molecular weight is 820 g/mol. The molecule has 1 rings (SSSR count). The van der Waals surface area contributed by atoms with E-state index in [1.54, 1.807) is 0 Å². The van der Waals surface area contributed by atoms with Crippen LogP contribution in [-0.4, -0.2) is 86.2 Å². The van der Waals surface area contributed by atoms with Gasteiger partial charge in [0.15, 0.2) is 0 Å². The number of rotatable bonds is 36. The second-order valence-electron chi connectivity index (χ2n) is 20.3. The highest BCUT2D eigenvalue weighted by molar-refractivity contribution is 5.77. The molecule has 0 spiro atoms. The molecule has 0 aromatic heterocycles. The van der Waals surface area contributed by atoms with Crippen molar-refractivity contribution in [2.24, 2.45) is 35.5 Å². The van der Waals surface area contributed by atoms with E-state index in [-0.39, 0.29) is 23.4 Å². The minimum atomic E-state index is -0.160. The Morgan fingerprint density at radius 3 is 1.29 bits per heavy atom. The Labute approximate surface area is 359 Å². The number of carbonyl (C=O) groups is 3. The number of nitrogens with one attached hydrogen (secondary N) is 1. The second kappa shape index (κ2) is 33.0. The van der Waals surface area contributed by atoms with Crippen LogP contribution in [0.25, 0.3) is 0 Å². The highest BCUT2D eigenvalue weighted by Crippen LogP contribution is 2.25. The lowest BCUT2D eigenvalue weighted by atomic mass is 9.87. The molecule has 0 radical (unpaired) electrons. The van der Waals surface area contributed by atoms with Crippen LogP contribution in [0.15, 0.2) is 0 Å².